The second-order valence-corrected chi connectivity index (χ2v) is 6.52. The van der Waals surface area contributed by atoms with E-state index in [1.165, 1.54) is 7.11 Å². The van der Waals surface area contributed by atoms with Crippen LogP contribution >= 0.6 is 0 Å². The van der Waals surface area contributed by atoms with Crippen LogP contribution in [0.2, 0.25) is 0 Å². The first kappa shape index (κ1) is 19.9. The Labute approximate surface area is 169 Å². The first-order valence-electron chi connectivity index (χ1n) is 8.96. The second-order valence-electron chi connectivity index (χ2n) is 6.52. The minimum absolute atomic E-state index is 0.253. The van der Waals surface area contributed by atoms with Gasteiger partial charge in [-0.25, -0.2) is 4.79 Å². The first-order chi connectivity index (χ1) is 14.0. The molecule has 3 aromatic rings. The molecule has 0 spiro atoms. The standard InChI is InChI=1S/C22H22N4O3/c1-26(2)19-9-7-16(8-10-19)24-18-11-12-23-20(14-18)21(27)25-17-6-4-5-15(13-17)22(28)29-3/h4-14H,1-3H3,(H,23,24)(H,25,27). The Morgan fingerprint density at radius 1 is 0.931 bits per heavy atom. The van der Waals surface area contributed by atoms with Gasteiger partial charge in [0.15, 0.2) is 0 Å². The van der Waals surface area contributed by atoms with Gasteiger partial charge in [-0.15, -0.1) is 0 Å². The van der Waals surface area contributed by atoms with Crippen LogP contribution in [-0.2, 0) is 4.74 Å². The Morgan fingerprint density at radius 3 is 2.38 bits per heavy atom. The highest BCUT2D eigenvalue weighted by Crippen LogP contribution is 2.21. The predicted molar refractivity (Wildman–Crippen MR) is 114 cm³/mol. The summed E-state index contributed by atoms with van der Waals surface area (Å²) >= 11 is 0. The van der Waals surface area contributed by atoms with E-state index in [0.717, 1.165) is 17.1 Å². The molecule has 0 bridgehead atoms. The number of hydrogen-bond donors (Lipinski definition) is 2. The summed E-state index contributed by atoms with van der Waals surface area (Å²) in [6, 6.07) is 17.9. The Morgan fingerprint density at radius 2 is 1.69 bits per heavy atom. The average Bonchev–Trinajstić information content (AvgIpc) is 2.74. The predicted octanol–water partition coefficient (Wildman–Crippen LogP) is 3.93. The van der Waals surface area contributed by atoms with Gasteiger partial charge < -0.3 is 20.3 Å². The summed E-state index contributed by atoms with van der Waals surface area (Å²) in [4.78, 5) is 30.4. The molecular weight excluding hydrogens is 368 g/mol. The smallest absolute Gasteiger partial charge is 0.337 e. The zero-order valence-electron chi connectivity index (χ0n) is 16.5. The van der Waals surface area contributed by atoms with E-state index >= 15 is 0 Å². The van der Waals surface area contributed by atoms with Crippen LogP contribution in [0.1, 0.15) is 20.8 Å². The van der Waals surface area contributed by atoms with Crippen molar-refractivity contribution >= 4 is 34.6 Å². The quantitative estimate of drug-likeness (QED) is 0.621. The molecule has 1 aromatic heterocycles. The Bertz CT molecular complexity index is 1020. The maximum Gasteiger partial charge on any atom is 0.337 e. The van der Waals surface area contributed by atoms with Gasteiger partial charge in [-0.1, -0.05) is 6.07 Å². The van der Waals surface area contributed by atoms with Crippen molar-refractivity contribution in [2.75, 3.05) is 36.7 Å². The fourth-order valence-corrected chi connectivity index (χ4v) is 2.68. The van der Waals surface area contributed by atoms with Crippen molar-refractivity contribution in [2.45, 2.75) is 0 Å². The van der Waals surface area contributed by atoms with E-state index in [1.54, 1.807) is 42.6 Å². The van der Waals surface area contributed by atoms with Gasteiger partial charge in [-0.05, 0) is 54.6 Å². The van der Waals surface area contributed by atoms with Crippen LogP contribution in [-0.4, -0.2) is 38.1 Å². The number of aromatic nitrogens is 1. The first-order valence-corrected chi connectivity index (χ1v) is 8.96. The third kappa shape index (κ3) is 5.10. The van der Waals surface area contributed by atoms with Crippen LogP contribution in [0.5, 0.6) is 0 Å². The van der Waals surface area contributed by atoms with Crippen molar-refractivity contribution in [3.05, 3.63) is 78.1 Å². The molecule has 1 heterocycles. The van der Waals surface area contributed by atoms with Gasteiger partial charge in [-0.3, -0.25) is 9.78 Å². The summed E-state index contributed by atoms with van der Waals surface area (Å²) in [5, 5.41) is 6.01. The number of amides is 1. The maximum atomic E-state index is 12.6. The molecule has 7 heteroatoms. The molecule has 148 valence electrons. The third-order valence-electron chi connectivity index (χ3n) is 4.21. The van der Waals surface area contributed by atoms with E-state index in [2.05, 4.69) is 15.6 Å². The zero-order chi connectivity index (χ0) is 20.8. The molecule has 2 N–H and O–H groups in total. The normalized spacial score (nSPS) is 10.2. The summed E-state index contributed by atoms with van der Waals surface area (Å²) < 4.78 is 4.70. The largest absolute Gasteiger partial charge is 0.465 e. The number of methoxy groups -OCH3 is 1. The SMILES string of the molecule is COC(=O)c1cccc(NC(=O)c2cc(Nc3ccc(N(C)C)cc3)ccn2)c1. The number of pyridine rings is 1. The lowest BCUT2D eigenvalue weighted by molar-refractivity contribution is 0.0600. The monoisotopic (exact) mass is 390 g/mol. The Kier molecular flexibility index (Phi) is 6.09. The van der Waals surface area contributed by atoms with E-state index in [0.29, 0.717) is 11.3 Å². The molecule has 3 rings (SSSR count). The van der Waals surface area contributed by atoms with Crippen LogP contribution in [0, 0.1) is 0 Å². The fraction of sp³-hybridized carbons (Fsp3) is 0.136. The molecular formula is C22H22N4O3. The summed E-state index contributed by atoms with van der Waals surface area (Å²) in [6.07, 6.45) is 1.57. The van der Waals surface area contributed by atoms with Crippen LogP contribution in [0.25, 0.3) is 0 Å². The number of nitrogens with zero attached hydrogens (tertiary/aromatic N) is 2. The third-order valence-corrected chi connectivity index (χ3v) is 4.21. The van der Waals surface area contributed by atoms with Crippen molar-refractivity contribution < 1.29 is 14.3 Å². The molecule has 0 fully saturated rings. The van der Waals surface area contributed by atoms with Crippen molar-refractivity contribution in [1.29, 1.82) is 0 Å². The highest BCUT2D eigenvalue weighted by molar-refractivity contribution is 6.04. The molecule has 0 unspecified atom stereocenters. The number of carbonyl (C=O) groups is 2. The number of esters is 1. The summed E-state index contributed by atoms with van der Waals surface area (Å²) in [7, 11) is 5.28. The minimum Gasteiger partial charge on any atom is -0.465 e. The van der Waals surface area contributed by atoms with Crippen LogP contribution in [0.4, 0.5) is 22.7 Å². The van der Waals surface area contributed by atoms with Crippen LogP contribution in [0.15, 0.2) is 66.9 Å². The lowest BCUT2D eigenvalue weighted by atomic mass is 10.2. The molecule has 29 heavy (non-hydrogen) atoms. The maximum absolute atomic E-state index is 12.6. The molecule has 7 nitrogen and oxygen atoms in total. The summed E-state index contributed by atoms with van der Waals surface area (Å²) in [5.41, 5.74) is 3.83. The molecule has 0 aliphatic carbocycles. The van der Waals surface area contributed by atoms with E-state index in [1.807, 2.05) is 43.3 Å². The van der Waals surface area contributed by atoms with Gasteiger partial charge in [0.2, 0.25) is 0 Å². The van der Waals surface area contributed by atoms with Gasteiger partial charge in [0.05, 0.1) is 12.7 Å². The molecule has 0 aliphatic rings. The summed E-state index contributed by atoms with van der Waals surface area (Å²) in [5.74, 6) is -0.843. The average molecular weight is 390 g/mol. The van der Waals surface area contributed by atoms with Gasteiger partial charge in [0, 0.05) is 43.0 Å². The highest BCUT2D eigenvalue weighted by atomic mass is 16.5. The molecule has 0 saturated carbocycles. The van der Waals surface area contributed by atoms with Crippen molar-refractivity contribution in [3.8, 4) is 0 Å². The molecule has 0 aliphatic heterocycles. The summed E-state index contributed by atoms with van der Waals surface area (Å²) in [6.45, 7) is 0. The van der Waals surface area contributed by atoms with E-state index in [9.17, 15) is 9.59 Å². The molecule has 2 aromatic carbocycles. The van der Waals surface area contributed by atoms with Gasteiger partial charge in [-0.2, -0.15) is 0 Å². The van der Waals surface area contributed by atoms with Gasteiger partial charge >= 0.3 is 5.97 Å². The van der Waals surface area contributed by atoms with E-state index < -0.39 is 5.97 Å². The topological polar surface area (TPSA) is 83.6 Å². The number of hydrogen-bond acceptors (Lipinski definition) is 6. The zero-order valence-corrected chi connectivity index (χ0v) is 16.5. The molecule has 0 saturated heterocycles. The van der Waals surface area contributed by atoms with E-state index in [-0.39, 0.29) is 11.6 Å². The van der Waals surface area contributed by atoms with Crippen LogP contribution < -0.4 is 15.5 Å². The number of rotatable bonds is 6. The number of nitrogens with one attached hydrogen (secondary N) is 2. The van der Waals surface area contributed by atoms with Crippen molar-refractivity contribution in [2.24, 2.45) is 0 Å². The molecule has 0 atom stereocenters. The molecule has 1 amide bonds. The van der Waals surface area contributed by atoms with Crippen LogP contribution in [0.3, 0.4) is 0 Å². The van der Waals surface area contributed by atoms with Crippen molar-refractivity contribution in [1.82, 2.24) is 4.98 Å². The molecule has 0 radical (unpaired) electrons. The number of anilines is 4. The second kappa shape index (κ2) is 8.88. The minimum atomic E-state index is -0.467. The Balaban J connectivity index is 1.72. The number of carbonyl (C=O) groups excluding carboxylic acids is 2. The van der Waals surface area contributed by atoms with Gasteiger partial charge in [0.1, 0.15) is 5.69 Å². The lowest BCUT2D eigenvalue weighted by Crippen LogP contribution is -2.14. The number of benzene rings is 2. The Hall–Kier alpha value is -3.87. The van der Waals surface area contributed by atoms with Crippen molar-refractivity contribution in [3.63, 3.8) is 0 Å². The lowest BCUT2D eigenvalue weighted by Gasteiger charge is -2.13. The fourth-order valence-electron chi connectivity index (χ4n) is 2.68. The highest BCUT2D eigenvalue weighted by Gasteiger charge is 2.11. The van der Waals surface area contributed by atoms with Gasteiger partial charge in [0.25, 0.3) is 5.91 Å². The number of ether oxygens (including phenoxy) is 1. The van der Waals surface area contributed by atoms with E-state index in [4.69, 9.17) is 4.74 Å².